The maximum absolute atomic E-state index is 11.2. The van der Waals surface area contributed by atoms with Gasteiger partial charge in [0.2, 0.25) is 0 Å². The summed E-state index contributed by atoms with van der Waals surface area (Å²) in [6.45, 7) is 5.44. The molecule has 0 rings (SSSR count). The van der Waals surface area contributed by atoms with Gasteiger partial charge < -0.3 is 4.74 Å². The smallest absolute Gasteiger partial charge is 0.315 e. The second kappa shape index (κ2) is 6.31. The van der Waals surface area contributed by atoms with Crippen molar-refractivity contribution in [3.63, 3.8) is 0 Å². The number of ether oxygens (including phenoxy) is 1. The van der Waals surface area contributed by atoms with Gasteiger partial charge in [-0.2, -0.15) is 0 Å². The summed E-state index contributed by atoms with van der Waals surface area (Å²) in [6, 6.07) is -0.669. The van der Waals surface area contributed by atoms with Crippen molar-refractivity contribution in [1.29, 1.82) is 0 Å². The van der Waals surface area contributed by atoms with Gasteiger partial charge in [0, 0.05) is 4.91 Å². The number of hydrogen-bond acceptors (Lipinski definition) is 3. The molecule has 0 aliphatic carbocycles. The minimum Gasteiger partial charge on any atom is -0.463 e. The lowest BCUT2D eigenvalue weighted by Gasteiger charge is -2.12. The van der Waals surface area contributed by atoms with E-state index in [-0.39, 0.29) is 6.10 Å². The topological polar surface area (TPSA) is 75.1 Å². The summed E-state index contributed by atoms with van der Waals surface area (Å²) >= 11 is 0. The Bertz CT molecular complexity index is 209. The zero-order valence-corrected chi connectivity index (χ0v) is 8.23. The first-order chi connectivity index (χ1) is 6.11. The monoisotopic (exact) mass is 185 g/mol. The minimum atomic E-state index is -0.669. The van der Waals surface area contributed by atoms with E-state index in [1.165, 1.54) is 0 Å². The zero-order chi connectivity index (χ0) is 10.3. The standard InChI is InChI=1S/C8H15N3O2/c1-4-5-7(10-11-9)8(12)13-6(2)3/h6-7H,4-5H2,1-3H3. The van der Waals surface area contributed by atoms with Gasteiger partial charge in [0.1, 0.15) is 6.04 Å². The van der Waals surface area contributed by atoms with Gasteiger partial charge in [-0.1, -0.05) is 18.5 Å². The Morgan fingerprint density at radius 3 is 2.62 bits per heavy atom. The molecule has 1 atom stereocenters. The summed E-state index contributed by atoms with van der Waals surface area (Å²) in [7, 11) is 0. The Labute approximate surface area is 77.7 Å². The van der Waals surface area contributed by atoms with Crippen LogP contribution < -0.4 is 0 Å². The highest BCUT2D eigenvalue weighted by atomic mass is 16.5. The third-order valence-corrected chi connectivity index (χ3v) is 1.38. The number of azide groups is 1. The van der Waals surface area contributed by atoms with Crippen LogP contribution in [0.5, 0.6) is 0 Å². The zero-order valence-electron chi connectivity index (χ0n) is 8.23. The molecule has 13 heavy (non-hydrogen) atoms. The van der Waals surface area contributed by atoms with Gasteiger partial charge in [-0.25, -0.2) is 0 Å². The Hall–Kier alpha value is -1.22. The van der Waals surface area contributed by atoms with Crippen molar-refractivity contribution in [1.82, 2.24) is 0 Å². The molecule has 0 N–H and O–H groups in total. The van der Waals surface area contributed by atoms with E-state index in [1.807, 2.05) is 6.92 Å². The van der Waals surface area contributed by atoms with Gasteiger partial charge in [0.25, 0.3) is 0 Å². The van der Waals surface area contributed by atoms with Gasteiger partial charge in [-0.05, 0) is 25.8 Å². The van der Waals surface area contributed by atoms with Gasteiger partial charge in [0.05, 0.1) is 6.10 Å². The molecule has 0 aromatic carbocycles. The molecule has 5 heteroatoms. The molecular formula is C8H15N3O2. The second-order valence-corrected chi connectivity index (χ2v) is 3.00. The van der Waals surface area contributed by atoms with Gasteiger partial charge in [-0.3, -0.25) is 4.79 Å². The lowest BCUT2D eigenvalue weighted by molar-refractivity contribution is -0.149. The van der Waals surface area contributed by atoms with Crippen molar-refractivity contribution in [3.05, 3.63) is 10.4 Å². The van der Waals surface area contributed by atoms with Crippen molar-refractivity contribution in [2.45, 2.75) is 45.8 Å². The first-order valence-corrected chi connectivity index (χ1v) is 4.36. The average Bonchev–Trinajstić information content (AvgIpc) is 2.02. The molecule has 5 nitrogen and oxygen atoms in total. The van der Waals surface area contributed by atoms with E-state index < -0.39 is 12.0 Å². The largest absolute Gasteiger partial charge is 0.463 e. The fourth-order valence-corrected chi connectivity index (χ4v) is 0.869. The van der Waals surface area contributed by atoms with Crippen LogP contribution >= 0.6 is 0 Å². The summed E-state index contributed by atoms with van der Waals surface area (Å²) in [5, 5.41) is 3.37. The first-order valence-electron chi connectivity index (χ1n) is 4.36. The number of carbonyl (C=O) groups excluding carboxylic acids is 1. The third-order valence-electron chi connectivity index (χ3n) is 1.38. The van der Waals surface area contributed by atoms with Crippen molar-refractivity contribution >= 4 is 5.97 Å². The summed E-state index contributed by atoms with van der Waals surface area (Å²) in [4.78, 5) is 13.9. The van der Waals surface area contributed by atoms with Crippen LogP contribution in [0.4, 0.5) is 0 Å². The van der Waals surface area contributed by atoms with Crippen LogP contribution in [0, 0.1) is 0 Å². The van der Waals surface area contributed by atoms with E-state index in [4.69, 9.17) is 10.3 Å². The Morgan fingerprint density at radius 2 is 2.23 bits per heavy atom. The molecule has 1 unspecified atom stereocenters. The second-order valence-electron chi connectivity index (χ2n) is 3.00. The number of esters is 1. The van der Waals surface area contributed by atoms with E-state index in [0.29, 0.717) is 6.42 Å². The summed E-state index contributed by atoms with van der Waals surface area (Å²) < 4.78 is 4.91. The number of hydrogen-bond donors (Lipinski definition) is 0. The van der Waals surface area contributed by atoms with E-state index >= 15 is 0 Å². The van der Waals surface area contributed by atoms with Gasteiger partial charge in [-0.15, -0.1) is 0 Å². The SMILES string of the molecule is CCCC(N=[N+]=[N-])C(=O)OC(C)C. The molecule has 0 radical (unpaired) electrons. The molecular weight excluding hydrogens is 170 g/mol. The van der Waals surface area contributed by atoms with Gasteiger partial charge >= 0.3 is 5.97 Å². The first kappa shape index (κ1) is 11.8. The Kier molecular flexibility index (Phi) is 5.72. The lowest BCUT2D eigenvalue weighted by Crippen LogP contribution is -2.23. The molecule has 0 saturated carbocycles. The van der Waals surface area contributed by atoms with Crippen molar-refractivity contribution < 1.29 is 9.53 Å². The fourth-order valence-electron chi connectivity index (χ4n) is 0.869. The molecule has 0 fully saturated rings. The molecule has 0 aliphatic rings. The van der Waals surface area contributed by atoms with E-state index in [1.54, 1.807) is 13.8 Å². The van der Waals surface area contributed by atoms with Gasteiger partial charge in [0.15, 0.2) is 0 Å². The van der Waals surface area contributed by atoms with Crippen LogP contribution in [0.2, 0.25) is 0 Å². The molecule has 0 aromatic rings. The Balaban J connectivity index is 4.19. The highest BCUT2D eigenvalue weighted by Gasteiger charge is 2.18. The van der Waals surface area contributed by atoms with E-state index in [2.05, 4.69) is 10.0 Å². The summed E-state index contributed by atoms with van der Waals surface area (Å²) in [5.74, 6) is -0.436. The fraction of sp³-hybridized carbons (Fsp3) is 0.875. The molecule has 0 spiro atoms. The van der Waals surface area contributed by atoms with Crippen LogP contribution in [-0.4, -0.2) is 18.1 Å². The molecule has 0 aliphatic heterocycles. The average molecular weight is 185 g/mol. The highest BCUT2D eigenvalue weighted by molar-refractivity contribution is 5.76. The van der Waals surface area contributed by atoms with Crippen molar-refractivity contribution in [3.8, 4) is 0 Å². The van der Waals surface area contributed by atoms with Crippen molar-refractivity contribution in [2.24, 2.45) is 5.11 Å². The number of rotatable bonds is 5. The predicted molar refractivity (Wildman–Crippen MR) is 49.1 cm³/mol. The molecule has 0 heterocycles. The number of carbonyl (C=O) groups is 1. The molecule has 0 amide bonds. The van der Waals surface area contributed by atoms with Crippen LogP contribution in [0.1, 0.15) is 33.6 Å². The molecule has 0 bridgehead atoms. The maximum atomic E-state index is 11.2. The minimum absolute atomic E-state index is 0.166. The predicted octanol–water partition coefficient (Wildman–Crippen LogP) is 2.42. The van der Waals surface area contributed by atoms with Crippen LogP contribution in [0.15, 0.2) is 5.11 Å². The van der Waals surface area contributed by atoms with E-state index in [9.17, 15) is 4.79 Å². The maximum Gasteiger partial charge on any atom is 0.315 e. The quantitative estimate of drug-likeness (QED) is 0.285. The normalized spacial score (nSPS) is 12.0. The Morgan fingerprint density at radius 1 is 1.62 bits per heavy atom. The van der Waals surface area contributed by atoms with Crippen LogP contribution in [0.25, 0.3) is 10.4 Å². The lowest BCUT2D eigenvalue weighted by atomic mass is 10.2. The van der Waals surface area contributed by atoms with Crippen molar-refractivity contribution in [2.75, 3.05) is 0 Å². The third kappa shape index (κ3) is 5.09. The highest BCUT2D eigenvalue weighted by Crippen LogP contribution is 2.06. The molecule has 0 aromatic heterocycles. The number of nitrogens with zero attached hydrogens (tertiary/aromatic N) is 3. The van der Waals surface area contributed by atoms with Crippen LogP contribution in [0.3, 0.4) is 0 Å². The summed E-state index contributed by atoms with van der Waals surface area (Å²) in [5.41, 5.74) is 8.20. The van der Waals surface area contributed by atoms with E-state index in [0.717, 1.165) is 6.42 Å². The summed E-state index contributed by atoms with van der Waals surface area (Å²) in [6.07, 6.45) is 1.16. The van der Waals surface area contributed by atoms with Crippen LogP contribution in [-0.2, 0) is 9.53 Å². The molecule has 74 valence electrons. The molecule has 0 saturated heterocycles.